The van der Waals surface area contributed by atoms with Crippen LogP contribution in [0.4, 0.5) is 17.1 Å². The first-order valence-corrected chi connectivity index (χ1v) is 22.2. The lowest BCUT2D eigenvalue weighted by atomic mass is 9.67. The molecule has 1 heterocycles. The van der Waals surface area contributed by atoms with Crippen LogP contribution in [-0.2, 0) is 5.41 Å². The van der Waals surface area contributed by atoms with E-state index in [-0.39, 0.29) is 0 Å². The van der Waals surface area contributed by atoms with Crippen LogP contribution in [0.15, 0.2) is 231 Å². The molecule has 1 nitrogen and oxygen atoms in total. The van der Waals surface area contributed by atoms with Crippen molar-refractivity contribution in [2.45, 2.75) is 12.3 Å². The van der Waals surface area contributed by atoms with E-state index in [4.69, 9.17) is 0 Å². The van der Waals surface area contributed by atoms with Crippen LogP contribution >= 0.6 is 11.3 Å². The molecule has 0 saturated heterocycles. The summed E-state index contributed by atoms with van der Waals surface area (Å²) in [7, 11) is 0. The molecule has 11 aromatic rings. The number of hydrogen-bond acceptors (Lipinski definition) is 2. The van der Waals surface area contributed by atoms with Crippen molar-refractivity contribution >= 4 is 59.3 Å². The van der Waals surface area contributed by atoms with Crippen molar-refractivity contribution in [3.05, 3.63) is 258 Å². The number of fused-ring (bicyclic) bond motifs is 7. The van der Waals surface area contributed by atoms with Gasteiger partial charge >= 0.3 is 0 Å². The Bertz CT molecular complexity index is 3430. The molecule has 62 heavy (non-hydrogen) atoms. The van der Waals surface area contributed by atoms with Gasteiger partial charge in [-0.25, -0.2) is 0 Å². The minimum Gasteiger partial charge on any atom is -0.310 e. The Hall–Kier alpha value is -7.52. The summed E-state index contributed by atoms with van der Waals surface area (Å²) in [5.41, 5.74) is 16.7. The van der Waals surface area contributed by atoms with Gasteiger partial charge in [-0.2, -0.15) is 0 Å². The van der Waals surface area contributed by atoms with Crippen LogP contribution < -0.4 is 4.90 Å². The topological polar surface area (TPSA) is 3.24 Å². The number of aryl methyl sites for hydroxylation is 1. The van der Waals surface area contributed by atoms with Crippen molar-refractivity contribution in [1.29, 1.82) is 0 Å². The molecule has 0 bridgehead atoms. The van der Waals surface area contributed by atoms with Crippen LogP contribution in [0.25, 0.3) is 64.3 Å². The monoisotopic (exact) mass is 807 g/mol. The molecule has 1 aromatic heterocycles. The fraction of sp³-hybridized carbons (Fsp3) is 0.0333. The Morgan fingerprint density at radius 1 is 0.371 bits per heavy atom. The predicted molar refractivity (Wildman–Crippen MR) is 264 cm³/mol. The maximum atomic E-state index is 2.47. The number of thiophene rings is 1. The van der Waals surface area contributed by atoms with Crippen LogP contribution in [0.2, 0.25) is 0 Å². The van der Waals surface area contributed by atoms with Gasteiger partial charge in [-0.3, -0.25) is 0 Å². The van der Waals surface area contributed by atoms with E-state index in [2.05, 4.69) is 242 Å². The number of rotatable bonds is 7. The van der Waals surface area contributed by atoms with E-state index in [1.807, 2.05) is 11.3 Å². The molecule has 0 N–H and O–H groups in total. The molecule has 1 aliphatic rings. The van der Waals surface area contributed by atoms with Crippen LogP contribution in [0.5, 0.6) is 0 Å². The average Bonchev–Trinajstić information content (AvgIpc) is 3.86. The number of hydrogen-bond donors (Lipinski definition) is 0. The molecule has 0 unspecified atom stereocenters. The molecule has 0 atom stereocenters. The van der Waals surface area contributed by atoms with Gasteiger partial charge in [-0.1, -0.05) is 188 Å². The third-order valence-electron chi connectivity index (χ3n) is 13.1. The van der Waals surface area contributed by atoms with Crippen molar-refractivity contribution in [1.82, 2.24) is 0 Å². The van der Waals surface area contributed by atoms with Gasteiger partial charge < -0.3 is 4.90 Å². The van der Waals surface area contributed by atoms with Crippen molar-refractivity contribution in [3.8, 4) is 33.4 Å². The molecule has 0 spiro atoms. The lowest BCUT2D eigenvalue weighted by Crippen LogP contribution is -2.28. The minimum absolute atomic E-state index is 0.503. The van der Waals surface area contributed by atoms with Gasteiger partial charge in [-0.15, -0.1) is 11.3 Å². The van der Waals surface area contributed by atoms with Crippen molar-refractivity contribution < 1.29 is 0 Å². The molecule has 10 aromatic carbocycles. The lowest BCUT2D eigenvalue weighted by Gasteiger charge is -2.35. The Morgan fingerprint density at radius 2 is 0.919 bits per heavy atom. The molecule has 2 heteroatoms. The van der Waals surface area contributed by atoms with Gasteiger partial charge in [0.1, 0.15) is 0 Å². The Kier molecular flexibility index (Phi) is 8.55. The normalized spacial score (nSPS) is 12.7. The quantitative estimate of drug-likeness (QED) is 0.155. The maximum Gasteiger partial charge on any atom is 0.0714 e. The zero-order chi connectivity index (χ0) is 41.2. The zero-order valence-electron chi connectivity index (χ0n) is 34.3. The Balaban J connectivity index is 1.06. The molecular formula is C60H41NS. The summed E-state index contributed by atoms with van der Waals surface area (Å²) in [6.45, 7) is 2.25. The summed E-state index contributed by atoms with van der Waals surface area (Å²) in [4.78, 5) is 2.45. The fourth-order valence-corrected chi connectivity index (χ4v) is 11.6. The molecule has 1 aliphatic carbocycles. The molecule has 292 valence electrons. The van der Waals surface area contributed by atoms with Crippen molar-refractivity contribution in [2.24, 2.45) is 0 Å². The third kappa shape index (κ3) is 5.61. The van der Waals surface area contributed by atoms with Crippen LogP contribution in [0, 0.1) is 6.92 Å². The summed E-state index contributed by atoms with van der Waals surface area (Å²) in [5, 5.41) is 5.15. The fourth-order valence-electron chi connectivity index (χ4n) is 10.3. The highest BCUT2D eigenvalue weighted by Gasteiger charge is 2.46. The highest BCUT2D eigenvalue weighted by Crippen LogP contribution is 2.57. The molecular weight excluding hydrogens is 767 g/mol. The van der Waals surface area contributed by atoms with Gasteiger partial charge in [-0.05, 0) is 121 Å². The first-order valence-electron chi connectivity index (χ1n) is 21.4. The summed E-state index contributed by atoms with van der Waals surface area (Å²) in [5.74, 6) is 0. The minimum atomic E-state index is -0.503. The molecule has 0 saturated carbocycles. The highest BCUT2D eigenvalue weighted by atomic mass is 32.1. The van der Waals surface area contributed by atoms with E-state index in [1.165, 1.54) is 92.1 Å². The first kappa shape index (κ1) is 36.3. The largest absolute Gasteiger partial charge is 0.310 e. The van der Waals surface area contributed by atoms with E-state index in [1.54, 1.807) is 0 Å². The molecule has 0 fully saturated rings. The summed E-state index contributed by atoms with van der Waals surface area (Å²) < 4.78 is 2.65. The van der Waals surface area contributed by atoms with Crippen LogP contribution in [0.1, 0.15) is 27.8 Å². The summed E-state index contributed by atoms with van der Waals surface area (Å²) in [6.07, 6.45) is 0. The van der Waals surface area contributed by atoms with E-state index >= 15 is 0 Å². The Labute approximate surface area is 366 Å². The molecule has 12 rings (SSSR count). The SMILES string of the molecule is Cc1cc(N(c2ccc(-c3cccc4c3sc3ccccc34)cc2)c2ccc3c(c2)C(c2ccccc2)(c2ccccc2)c2ccccc2-3)ccc1-c1cccc2ccccc12. The van der Waals surface area contributed by atoms with E-state index in [0.29, 0.717) is 0 Å². The summed E-state index contributed by atoms with van der Waals surface area (Å²) >= 11 is 1.88. The van der Waals surface area contributed by atoms with Crippen LogP contribution in [-0.4, -0.2) is 0 Å². The number of benzene rings is 10. The highest BCUT2D eigenvalue weighted by molar-refractivity contribution is 7.26. The smallest absolute Gasteiger partial charge is 0.0714 e. The molecule has 0 aliphatic heterocycles. The summed E-state index contributed by atoms with van der Waals surface area (Å²) in [6, 6.07) is 85.3. The second kappa shape index (κ2) is 14.6. The zero-order valence-corrected chi connectivity index (χ0v) is 35.1. The second-order valence-electron chi connectivity index (χ2n) is 16.4. The first-order chi connectivity index (χ1) is 30.7. The van der Waals surface area contributed by atoms with Crippen LogP contribution in [0.3, 0.4) is 0 Å². The van der Waals surface area contributed by atoms with E-state index in [9.17, 15) is 0 Å². The van der Waals surface area contributed by atoms with Crippen molar-refractivity contribution in [3.63, 3.8) is 0 Å². The van der Waals surface area contributed by atoms with Crippen molar-refractivity contribution in [2.75, 3.05) is 4.90 Å². The lowest BCUT2D eigenvalue weighted by molar-refractivity contribution is 0.768. The average molecular weight is 808 g/mol. The number of nitrogens with zero attached hydrogens (tertiary/aromatic N) is 1. The van der Waals surface area contributed by atoms with Gasteiger partial charge in [0.05, 0.1) is 5.41 Å². The number of anilines is 3. The van der Waals surface area contributed by atoms with Gasteiger partial charge in [0.25, 0.3) is 0 Å². The Morgan fingerprint density at radius 3 is 1.69 bits per heavy atom. The van der Waals surface area contributed by atoms with E-state index < -0.39 is 5.41 Å². The van der Waals surface area contributed by atoms with Gasteiger partial charge in [0.2, 0.25) is 0 Å². The molecule has 0 radical (unpaired) electrons. The van der Waals surface area contributed by atoms with E-state index in [0.717, 1.165) is 17.1 Å². The standard InChI is InChI=1S/C60H41NS/c1-40-38-46(34-36-48(40)51-26-14-17-41-16-8-9-22-49(41)51)61(45-32-30-42(31-33-45)50-25-15-27-55-54-24-11-13-29-58(54)62-59(50)55)47-35-37-53-52-23-10-12-28-56(52)60(57(53)39-47,43-18-4-2-5-19-43)44-20-6-3-7-21-44/h2-39H,1H3. The third-order valence-corrected chi connectivity index (χ3v) is 14.3. The molecule has 0 amide bonds. The van der Waals surface area contributed by atoms with Gasteiger partial charge in [0, 0.05) is 37.2 Å². The predicted octanol–water partition coefficient (Wildman–Crippen LogP) is 16.7. The maximum absolute atomic E-state index is 2.47. The van der Waals surface area contributed by atoms with Gasteiger partial charge in [0.15, 0.2) is 0 Å². The second-order valence-corrected chi connectivity index (χ2v) is 17.5.